The third kappa shape index (κ3) is 19.1. The van der Waals surface area contributed by atoms with Gasteiger partial charge >= 0.3 is 0 Å². The van der Waals surface area contributed by atoms with Gasteiger partial charge in [-0.05, 0) is 19.8 Å². The zero-order valence-corrected chi connectivity index (χ0v) is 15.9. The molecule has 0 unspecified atom stereocenters. The normalized spacial score (nSPS) is 11.3. The van der Waals surface area contributed by atoms with Gasteiger partial charge in [0.2, 0.25) is 5.91 Å². The van der Waals surface area contributed by atoms with Crippen molar-refractivity contribution in [2.75, 3.05) is 0 Å². The molecule has 0 aromatic carbocycles. The Morgan fingerprint density at radius 3 is 1.43 bits per heavy atom. The van der Waals surface area contributed by atoms with Gasteiger partial charge < -0.3 is 11.9 Å². The average molecular weight is 327 g/mol. The van der Waals surface area contributed by atoms with Crippen molar-refractivity contribution in [1.29, 1.82) is 0 Å². The predicted molar refractivity (Wildman–Crippen MR) is 103 cm³/mol. The molecule has 23 heavy (non-hydrogen) atoms. The summed E-state index contributed by atoms with van der Waals surface area (Å²) in [5.41, 5.74) is 5.89. The van der Waals surface area contributed by atoms with E-state index >= 15 is 0 Å². The van der Waals surface area contributed by atoms with Crippen molar-refractivity contribution in [2.45, 2.75) is 110 Å². The van der Waals surface area contributed by atoms with E-state index in [0.717, 1.165) is 6.42 Å². The van der Waals surface area contributed by atoms with Gasteiger partial charge in [-0.1, -0.05) is 96.5 Å². The fourth-order valence-corrected chi connectivity index (χ4v) is 2.76. The van der Waals surface area contributed by atoms with E-state index in [2.05, 4.69) is 6.92 Å². The van der Waals surface area contributed by atoms with Gasteiger partial charge in [-0.2, -0.15) is 0 Å². The number of nitrogens with two attached hydrogens (primary N) is 1. The van der Waals surface area contributed by atoms with Crippen molar-refractivity contribution in [3.63, 3.8) is 0 Å². The van der Waals surface area contributed by atoms with Gasteiger partial charge in [0.1, 0.15) is 0 Å². The molecule has 0 heterocycles. The first kappa shape index (κ1) is 24.4. The minimum atomic E-state index is -0.287. The van der Waals surface area contributed by atoms with E-state index in [1.54, 1.807) is 6.92 Å². The van der Waals surface area contributed by atoms with Crippen LogP contribution in [0.1, 0.15) is 110 Å². The standard InChI is InChI=1S/C20H39NO.H3N/c1-3-4-5-6-7-8-9-10-11-12-13-14-15-16-17-18-19(2)20(21)22;/h18H,3-17H2,1-2H3,(H2,21,22);1H3. The number of primary amides is 1. The van der Waals surface area contributed by atoms with Crippen LogP contribution in [-0.2, 0) is 4.79 Å². The molecule has 3 nitrogen and oxygen atoms in total. The summed E-state index contributed by atoms with van der Waals surface area (Å²) in [6, 6.07) is 0. The fraction of sp³-hybridized carbons (Fsp3) is 0.850. The highest BCUT2D eigenvalue weighted by Crippen LogP contribution is 2.13. The van der Waals surface area contributed by atoms with E-state index < -0.39 is 0 Å². The van der Waals surface area contributed by atoms with Crippen molar-refractivity contribution < 1.29 is 4.79 Å². The molecular formula is C20H42N2O. The Balaban J connectivity index is 0. The summed E-state index contributed by atoms with van der Waals surface area (Å²) in [6.07, 6.45) is 22.3. The van der Waals surface area contributed by atoms with Crippen LogP contribution in [0.4, 0.5) is 0 Å². The maximum absolute atomic E-state index is 10.8. The van der Waals surface area contributed by atoms with E-state index in [0.29, 0.717) is 5.57 Å². The molecule has 1 amide bonds. The molecule has 0 bridgehead atoms. The van der Waals surface area contributed by atoms with E-state index in [4.69, 9.17) is 5.73 Å². The molecule has 0 fully saturated rings. The Bertz CT molecular complexity index is 287. The van der Waals surface area contributed by atoms with E-state index in [1.165, 1.54) is 89.9 Å². The molecule has 3 heteroatoms. The number of unbranched alkanes of at least 4 members (excludes halogenated alkanes) is 14. The first-order valence-electron chi connectivity index (χ1n) is 9.65. The van der Waals surface area contributed by atoms with Crippen LogP contribution in [0.25, 0.3) is 0 Å². The molecule has 0 saturated heterocycles. The zero-order valence-electron chi connectivity index (χ0n) is 15.9. The highest BCUT2D eigenvalue weighted by atomic mass is 16.1. The molecule has 0 rings (SSSR count). The lowest BCUT2D eigenvalue weighted by Crippen LogP contribution is -2.11. The average Bonchev–Trinajstić information content (AvgIpc) is 2.50. The summed E-state index contributed by atoms with van der Waals surface area (Å²) in [5.74, 6) is -0.287. The quantitative estimate of drug-likeness (QED) is 0.252. The highest BCUT2D eigenvalue weighted by Gasteiger charge is 1.96. The molecule has 0 aromatic heterocycles. The maximum Gasteiger partial charge on any atom is 0.244 e. The summed E-state index contributed by atoms with van der Waals surface area (Å²) in [5, 5.41) is 0. The Labute approximate surface area is 145 Å². The smallest absolute Gasteiger partial charge is 0.244 e. The van der Waals surface area contributed by atoms with Gasteiger partial charge in [-0.25, -0.2) is 0 Å². The summed E-state index contributed by atoms with van der Waals surface area (Å²) in [7, 11) is 0. The molecule has 0 aliphatic heterocycles. The Hall–Kier alpha value is -0.830. The second kappa shape index (κ2) is 19.2. The lowest BCUT2D eigenvalue weighted by Gasteiger charge is -2.03. The lowest BCUT2D eigenvalue weighted by molar-refractivity contribution is -0.114. The number of carbonyl (C=O) groups is 1. The van der Waals surface area contributed by atoms with E-state index in [-0.39, 0.29) is 12.1 Å². The largest absolute Gasteiger partial charge is 0.366 e. The number of allylic oxidation sites excluding steroid dienone is 1. The van der Waals surface area contributed by atoms with Crippen LogP contribution >= 0.6 is 0 Å². The van der Waals surface area contributed by atoms with Crippen molar-refractivity contribution in [3.05, 3.63) is 11.6 Å². The Kier molecular flexibility index (Phi) is 20.4. The van der Waals surface area contributed by atoms with Gasteiger partial charge in [0.25, 0.3) is 0 Å². The second-order valence-electron chi connectivity index (χ2n) is 6.64. The lowest BCUT2D eigenvalue weighted by atomic mass is 10.0. The minimum Gasteiger partial charge on any atom is -0.366 e. The van der Waals surface area contributed by atoms with Crippen molar-refractivity contribution in [1.82, 2.24) is 6.15 Å². The molecule has 0 radical (unpaired) electrons. The van der Waals surface area contributed by atoms with Gasteiger partial charge in [0, 0.05) is 5.57 Å². The molecule has 0 saturated carbocycles. The molecular weight excluding hydrogens is 284 g/mol. The fourth-order valence-electron chi connectivity index (χ4n) is 2.76. The summed E-state index contributed by atoms with van der Waals surface area (Å²) in [6.45, 7) is 4.07. The van der Waals surface area contributed by atoms with Gasteiger partial charge in [-0.15, -0.1) is 0 Å². The van der Waals surface area contributed by atoms with Crippen LogP contribution in [0.3, 0.4) is 0 Å². The van der Waals surface area contributed by atoms with Gasteiger partial charge in [0.15, 0.2) is 0 Å². The monoisotopic (exact) mass is 326 g/mol. The molecule has 0 aliphatic rings. The Morgan fingerprint density at radius 2 is 1.09 bits per heavy atom. The van der Waals surface area contributed by atoms with Crippen LogP contribution in [0.5, 0.6) is 0 Å². The molecule has 5 N–H and O–H groups in total. The number of hydrogen-bond donors (Lipinski definition) is 2. The number of amides is 1. The predicted octanol–water partition coefficient (Wildman–Crippen LogP) is 6.45. The summed E-state index contributed by atoms with van der Waals surface area (Å²) in [4.78, 5) is 10.8. The molecule has 0 spiro atoms. The Morgan fingerprint density at radius 1 is 0.739 bits per heavy atom. The number of hydrogen-bond acceptors (Lipinski definition) is 2. The van der Waals surface area contributed by atoms with Crippen LogP contribution in [-0.4, -0.2) is 5.91 Å². The van der Waals surface area contributed by atoms with E-state index in [1.807, 2.05) is 6.08 Å². The van der Waals surface area contributed by atoms with E-state index in [9.17, 15) is 4.79 Å². The topological polar surface area (TPSA) is 78.1 Å². The summed E-state index contributed by atoms with van der Waals surface area (Å²) >= 11 is 0. The number of rotatable bonds is 16. The first-order valence-corrected chi connectivity index (χ1v) is 9.65. The van der Waals surface area contributed by atoms with Crippen LogP contribution in [0, 0.1) is 0 Å². The van der Waals surface area contributed by atoms with Gasteiger partial charge in [0.05, 0.1) is 0 Å². The highest BCUT2D eigenvalue weighted by molar-refractivity contribution is 5.91. The molecule has 0 atom stereocenters. The molecule has 0 aliphatic carbocycles. The second-order valence-corrected chi connectivity index (χ2v) is 6.64. The molecule has 0 aromatic rings. The van der Waals surface area contributed by atoms with Crippen LogP contribution in [0.2, 0.25) is 0 Å². The minimum absolute atomic E-state index is 0. The summed E-state index contributed by atoms with van der Waals surface area (Å²) < 4.78 is 0. The SMILES string of the molecule is CCCCCCCCCCCCCCCCC=C(C)C(N)=O.N. The molecule has 138 valence electrons. The third-order valence-corrected chi connectivity index (χ3v) is 4.40. The number of carbonyl (C=O) groups excluding carboxylic acids is 1. The van der Waals surface area contributed by atoms with Crippen LogP contribution in [0.15, 0.2) is 11.6 Å². The zero-order chi connectivity index (χ0) is 16.5. The third-order valence-electron chi connectivity index (χ3n) is 4.40. The first-order chi connectivity index (χ1) is 10.7. The van der Waals surface area contributed by atoms with Crippen molar-refractivity contribution in [2.24, 2.45) is 5.73 Å². The maximum atomic E-state index is 10.8. The van der Waals surface area contributed by atoms with Crippen molar-refractivity contribution >= 4 is 5.91 Å². The van der Waals surface area contributed by atoms with Crippen molar-refractivity contribution in [3.8, 4) is 0 Å². The van der Waals surface area contributed by atoms with Gasteiger partial charge in [-0.3, -0.25) is 4.79 Å². The van der Waals surface area contributed by atoms with Crippen LogP contribution < -0.4 is 11.9 Å².